The van der Waals surface area contributed by atoms with Gasteiger partial charge in [-0.2, -0.15) is 0 Å². The largest absolute Gasteiger partial charge is 0.366 e. The molecular formula is C14H26N2O2. The summed E-state index contributed by atoms with van der Waals surface area (Å²) in [5.41, 5.74) is 4.88. The summed E-state index contributed by atoms with van der Waals surface area (Å²) in [6.45, 7) is 2.88. The van der Waals surface area contributed by atoms with Gasteiger partial charge in [-0.1, -0.05) is 51.9 Å². The van der Waals surface area contributed by atoms with Crippen LogP contribution in [0.25, 0.3) is 0 Å². The standard InChI is InChI=1S/C14H26N2O2/c1-2-3-4-5-6-7-8-9-12-16-14(18)11-10-13(15)17/h10-11H,2-9,12H2,1H3,(H2,15,17)(H,16,18)/b11-10-. The Morgan fingerprint density at radius 1 is 0.944 bits per heavy atom. The van der Waals surface area contributed by atoms with E-state index in [1.165, 1.54) is 44.6 Å². The van der Waals surface area contributed by atoms with Crippen molar-refractivity contribution in [3.05, 3.63) is 12.2 Å². The quantitative estimate of drug-likeness (QED) is 0.438. The molecule has 2 amide bonds. The molecule has 0 saturated heterocycles. The van der Waals surface area contributed by atoms with Gasteiger partial charge in [-0.3, -0.25) is 9.59 Å². The number of carbonyl (C=O) groups is 2. The fraction of sp³-hybridized carbons (Fsp3) is 0.714. The van der Waals surface area contributed by atoms with Gasteiger partial charge >= 0.3 is 0 Å². The first-order valence-electron chi connectivity index (χ1n) is 6.92. The van der Waals surface area contributed by atoms with Crippen LogP contribution in [0.4, 0.5) is 0 Å². The van der Waals surface area contributed by atoms with E-state index in [1.807, 2.05) is 0 Å². The third-order valence-electron chi connectivity index (χ3n) is 2.73. The zero-order valence-electron chi connectivity index (χ0n) is 11.4. The van der Waals surface area contributed by atoms with E-state index >= 15 is 0 Å². The Labute approximate surface area is 110 Å². The van der Waals surface area contributed by atoms with Crippen molar-refractivity contribution in [3.63, 3.8) is 0 Å². The summed E-state index contributed by atoms with van der Waals surface area (Å²) in [7, 11) is 0. The van der Waals surface area contributed by atoms with Gasteiger partial charge in [-0.15, -0.1) is 0 Å². The molecule has 0 fully saturated rings. The molecule has 0 saturated carbocycles. The van der Waals surface area contributed by atoms with Crippen LogP contribution < -0.4 is 11.1 Å². The predicted molar refractivity (Wildman–Crippen MR) is 74.0 cm³/mol. The number of hydrogen-bond acceptors (Lipinski definition) is 2. The molecule has 0 spiro atoms. The molecule has 0 radical (unpaired) electrons. The average Bonchev–Trinajstić information content (AvgIpc) is 2.34. The van der Waals surface area contributed by atoms with Gasteiger partial charge in [0.2, 0.25) is 11.8 Å². The van der Waals surface area contributed by atoms with E-state index in [9.17, 15) is 9.59 Å². The molecule has 4 heteroatoms. The van der Waals surface area contributed by atoms with Gasteiger partial charge in [-0.05, 0) is 6.42 Å². The molecule has 4 nitrogen and oxygen atoms in total. The molecular weight excluding hydrogens is 228 g/mol. The van der Waals surface area contributed by atoms with Gasteiger partial charge in [-0.25, -0.2) is 0 Å². The predicted octanol–water partition coefficient (Wildman–Crippen LogP) is 2.28. The lowest BCUT2D eigenvalue weighted by Crippen LogP contribution is -2.22. The Morgan fingerprint density at radius 3 is 2.06 bits per heavy atom. The Bertz CT molecular complexity index is 263. The Kier molecular flexibility index (Phi) is 11.3. The van der Waals surface area contributed by atoms with Gasteiger partial charge in [0, 0.05) is 18.7 Å². The maximum Gasteiger partial charge on any atom is 0.244 e. The lowest BCUT2D eigenvalue weighted by Gasteiger charge is -2.02. The van der Waals surface area contributed by atoms with E-state index in [2.05, 4.69) is 12.2 Å². The SMILES string of the molecule is CCCCCCCCCCNC(=O)/C=C\C(N)=O. The fourth-order valence-electron chi connectivity index (χ4n) is 1.69. The number of nitrogens with one attached hydrogen (secondary N) is 1. The highest BCUT2D eigenvalue weighted by Crippen LogP contribution is 2.07. The molecule has 0 bridgehead atoms. The zero-order valence-corrected chi connectivity index (χ0v) is 11.4. The summed E-state index contributed by atoms with van der Waals surface area (Å²) < 4.78 is 0. The van der Waals surface area contributed by atoms with Crippen LogP contribution in [0.5, 0.6) is 0 Å². The number of carbonyl (C=O) groups excluding carboxylic acids is 2. The Hall–Kier alpha value is -1.32. The normalized spacial score (nSPS) is 10.7. The lowest BCUT2D eigenvalue weighted by atomic mass is 10.1. The van der Waals surface area contributed by atoms with Crippen molar-refractivity contribution >= 4 is 11.8 Å². The second-order valence-corrected chi connectivity index (χ2v) is 4.50. The van der Waals surface area contributed by atoms with Crippen molar-refractivity contribution in [1.29, 1.82) is 0 Å². The molecule has 0 aliphatic heterocycles. The van der Waals surface area contributed by atoms with Crippen LogP contribution >= 0.6 is 0 Å². The third kappa shape index (κ3) is 12.7. The molecule has 0 atom stereocenters. The first-order chi connectivity index (χ1) is 8.66. The van der Waals surface area contributed by atoms with Crippen LogP contribution in [-0.4, -0.2) is 18.4 Å². The zero-order chi connectivity index (χ0) is 13.6. The fourth-order valence-corrected chi connectivity index (χ4v) is 1.69. The van der Waals surface area contributed by atoms with Crippen LogP contribution in [-0.2, 0) is 9.59 Å². The summed E-state index contributed by atoms with van der Waals surface area (Å²) in [5.74, 6) is -0.853. The molecule has 104 valence electrons. The minimum absolute atomic E-state index is 0.253. The molecule has 0 aliphatic carbocycles. The molecule has 3 N–H and O–H groups in total. The Morgan fingerprint density at radius 2 is 1.50 bits per heavy atom. The van der Waals surface area contributed by atoms with Crippen molar-refractivity contribution < 1.29 is 9.59 Å². The van der Waals surface area contributed by atoms with E-state index in [-0.39, 0.29) is 5.91 Å². The van der Waals surface area contributed by atoms with Gasteiger partial charge < -0.3 is 11.1 Å². The van der Waals surface area contributed by atoms with Crippen molar-refractivity contribution in [1.82, 2.24) is 5.32 Å². The number of unbranched alkanes of at least 4 members (excludes halogenated alkanes) is 7. The maximum atomic E-state index is 11.1. The minimum atomic E-state index is -0.600. The van der Waals surface area contributed by atoms with Gasteiger partial charge in [0.05, 0.1) is 0 Å². The van der Waals surface area contributed by atoms with Crippen molar-refractivity contribution in [2.24, 2.45) is 5.73 Å². The smallest absolute Gasteiger partial charge is 0.244 e. The monoisotopic (exact) mass is 254 g/mol. The first-order valence-corrected chi connectivity index (χ1v) is 6.92. The van der Waals surface area contributed by atoms with E-state index < -0.39 is 5.91 Å². The molecule has 0 aromatic carbocycles. The molecule has 0 heterocycles. The van der Waals surface area contributed by atoms with E-state index in [0.29, 0.717) is 6.54 Å². The molecule has 18 heavy (non-hydrogen) atoms. The molecule has 0 aromatic heterocycles. The first kappa shape index (κ1) is 16.7. The average molecular weight is 254 g/mol. The van der Waals surface area contributed by atoms with E-state index in [4.69, 9.17) is 5.73 Å². The highest BCUT2D eigenvalue weighted by Gasteiger charge is 1.95. The lowest BCUT2D eigenvalue weighted by molar-refractivity contribution is -0.117. The summed E-state index contributed by atoms with van der Waals surface area (Å²) in [5, 5.41) is 2.72. The van der Waals surface area contributed by atoms with Gasteiger partial charge in [0.15, 0.2) is 0 Å². The second-order valence-electron chi connectivity index (χ2n) is 4.50. The Balaban J connectivity index is 3.25. The third-order valence-corrected chi connectivity index (χ3v) is 2.73. The van der Waals surface area contributed by atoms with Crippen LogP contribution in [0.3, 0.4) is 0 Å². The number of nitrogens with two attached hydrogens (primary N) is 1. The van der Waals surface area contributed by atoms with Crippen molar-refractivity contribution in [2.75, 3.05) is 6.54 Å². The van der Waals surface area contributed by atoms with Crippen molar-refractivity contribution in [2.45, 2.75) is 58.3 Å². The number of amides is 2. The summed E-state index contributed by atoms with van der Waals surface area (Å²) in [6.07, 6.45) is 12.2. The molecule has 0 rings (SSSR count). The second kappa shape index (κ2) is 12.1. The molecule has 0 aliphatic rings. The molecule has 0 aromatic rings. The van der Waals surface area contributed by atoms with E-state index in [0.717, 1.165) is 18.9 Å². The highest BCUT2D eigenvalue weighted by atomic mass is 16.2. The number of primary amides is 1. The van der Waals surface area contributed by atoms with Crippen molar-refractivity contribution in [3.8, 4) is 0 Å². The van der Waals surface area contributed by atoms with Crippen LogP contribution in [0.15, 0.2) is 12.2 Å². The van der Waals surface area contributed by atoms with Gasteiger partial charge in [0.25, 0.3) is 0 Å². The van der Waals surface area contributed by atoms with Gasteiger partial charge in [0.1, 0.15) is 0 Å². The highest BCUT2D eigenvalue weighted by molar-refractivity contribution is 5.95. The van der Waals surface area contributed by atoms with Crippen LogP contribution in [0.2, 0.25) is 0 Å². The maximum absolute atomic E-state index is 11.1. The molecule has 0 unspecified atom stereocenters. The summed E-state index contributed by atoms with van der Waals surface area (Å²) in [6, 6.07) is 0. The topological polar surface area (TPSA) is 72.2 Å². The number of rotatable bonds is 11. The van der Waals surface area contributed by atoms with Crippen LogP contribution in [0, 0.1) is 0 Å². The number of hydrogen-bond donors (Lipinski definition) is 2. The minimum Gasteiger partial charge on any atom is -0.366 e. The summed E-state index contributed by atoms with van der Waals surface area (Å²) in [4.78, 5) is 21.5. The van der Waals surface area contributed by atoms with Crippen LogP contribution in [0.1, 0.15) is 58.3 Å². The summed E-state index contributed by atoms with van der Waals surface area (Å²) >= 11 is 0. The van der Waals surface area contributed by atoms with E-state index in [1.54, 1.807) is 0 Å².